The summed E-state index contributed by atoms with van der Waals surface area (Å²) in [5, 5.41) is 2.62. The maximum Gasteiger partial charge on any atom is 0.340 e. The quantitative estimate of drug-likeness (QED) is 0.594. The lowest BCUT2D eigenvalue weighted by Crippen LogP contribution is -2.48. The highest BCUT2D eigenvalue weighted by Crippen LogP contribution is 2.51. The number of fused-ring (bicyclic) bond motifs is 2. The van der Waals surface area contributed by atoms with Crippen LogP contribution in [0.2, 0.25) is 0 Å². The predicted molar refractivity (Wildman–Crippen MR) is 94.0 cm³/mol. The van der Waals surface area contributed by atoms with Gasteiger partial charge in [0.15, 0.2) is 0 Å². The van der Waals surface area contributed by atoms with Gasteiger partial charge < -0.3 is 25.3 Å². The van der Waals surface area contributed by atoms with E-state index in [9.17, 15) is 14.4 Å². The SMILES string of the molecule is C=CCOC(=O)C1=C(C)NC(=O)[C@]12C(C(=O)OC)=C(N)Oc1ccccc12. The number of esters is 2. The van der Waals surface area contributed by atoms with Crippen LogP contribution in [0.15, 0.2) is 59.6 Å². The summed E-state index contributed by atoms with van der Waals surface area (Å²) in [6.07, 6.45) is 1.40. The number of carbonyl (C=O) groups is 3. The number of benzene rings is 1. The Morgan fingerprint density at radius 2 is 2.00 bits per heavy atom. The fourth-order valence-corrected chi connectivity index (χ4v) is 3.44. The van der Waals surface area contributed by atoms with Crippen molar-refractivity contribution in [2.75, 3.05) is 13.7 Å². The smallest absolute Gasteiger partial charge is 0.340 e. The largest absolute Gasteiger partial charge is 0.465 e. The Kier molecular flexibility index (Phi) is 4.49. The molecule has 0 saturated heterocycles. The molecule has 1 atom stereocenters. The van der Waals surface area contributed by atoms with E-state index in [2.05, 4.69) is 11.9 Å². The van der Waals surface area contributed by atoms with Crippen LogP contribution < -0.4 is 15.8 Å². The topological polar surface area (TPSA) is 117 Å². The number of carbonyl (C=O) groups excluding carboxylic acids is 3. The minimum Gasteiger partial charge on any atom is -0.465 e. The third-order valence-corrected chi connectivity index (χ3v) is 4.45. The van der Waals surface area contributed by atoms with Crippen LogP contribution in [0, 0.1) is 0 Å². The average Bonchev–Trinajstić information content (AvgIpc) is 2.90. The van der Waals surface area contributed by atoms with E-state index in [-0.39, 0.29) is 35.1 Å². The normalized spacial score (nSPS) is 20.7. The number of hydrogen-bond acceptors (Lipinski definition) is 7. The van der Waals surface area contributed by atoms with Gasteiger partial charge in [0.1, 0.15) is 23.3 Å². The summed E-state index contributed by atoms with van der Waals surface area (Å²) in [4.78, 5) is 38.6. The van der Waals surface area contributed by atoms with Crippen molar-refractivity contribution in [1.82, 2.24) is 5.32 Å². The number of methoxy groups -OCH3 is 1. The van der Waals surface area contributed by atoms with Gasteiger partial charge in [-0.05, 0) is 13.0 Å². The van der Waals surface area contributed by atoms with E-state index in [1.807, 2.05) is 0 Å². The van der Waals surface area contributed by atoms with Gasteiger partial charge in [-0.3, -0.25) is 4.79 Å². The number of rotatable bonds is 4. The summed E-state index contributed by atoms with van der Waals surface area (Å²) in [5.41, 5.74) is 4.36. The van der Waals surface area contributed by atoms with Crippen LogP contribution in [0.5, 0.6) is 5.75 Å². The van der Waals surface area contributed by atoms with Gasteiger partial charge in [-0.25, -0.2) is 9.59 Å². The summed E-state index contributed by atoms with van der Waals surface area (Å²) in [6, 6.07) is 6.52. The Balaban J connectivity index is 2.36. The number of para-hydroxylation sites is 1. The molecule has 0 fully saturated rings. The van der Waals surface area contributed by atoms with Crippen LogP contribution in [0.25, 0.3) is 0 Å². The van der Waals surface area contributed by atoms with Crippen molar-refractivity contribution < 1.29 is 28.6 Å². The highest BCUT2D eigenvalue weighted by Gasteiger charge is 2.61. The van der Waals surface area contributed by atoms with Gasteiger partial charge in [-0.15, -0.1) is 0 Å². The van der Waals surface area contributed by atoms with Crippen LogP contribution in [0.3, 0.4) is 0 Å². The Morgan fingerprint density at radius 1 is 1.30 bits per heavy atom. The van der Waals surface area contributed by atoms with E-state index >= 15 is 0 Å². The van der Waals surface area contributed by atoms with Crippen LogP contribution >= 0.6 is 0 Å². The Labute approximate surface area is 155 Å². The lowest BCUT2D eigenvalue weighted by atomic mass is 9.67. The Hall–Kier alpha value is -3.55. The highest BCUT2D eigenvalue weighted by molar-refractivity contribution is 6.17. The number of ether oxygens (including phenoxy) is 3. The first-order chi connectivity index (χ1) is 12.9. The van der Waals surface area contributed by atoms with Gasteiger partial charge in [0, 0.05) is 11.3 Å². The lowest BCUT2D eigenvalue weighted by Gasteiger charge is -2.35. The average molecular weight is 370 g/mol. The molecule has 1 spiro atoms. The molecule has 0 radical (unpaired) electrons. The van der Waals surface area contributed by atoms with Crippen molar-refractivity contribution in [3.05, 3.63) is 65.2 Å². The second-order valence-corrected chi connectivity index (χ2v) is 5.92. The molecule has 2 heterocycles. The van der Waals surface area contributed by atoms with Gasteiger partial charge in [0.2, 0.25) is 11.8 Å². The lowest BCUT2D eigenvalue weighted by molar-refractivity contribution is -0.141. The first-order valence-electron chi connectivity index (χ1n) is 8.06. The monoisotopic (exact) mass is 370 g/mol. The van der Waals surface area contributed by atoms with Crippen LogP contribution in [0.4, 0.5) is 0 Å². The molecular weight excluding hydrogens is 352 g/mol. The zero-order valence-corrected chi connectivity index (χ0v) is 14.8. The van der Waals surface area contributed by atoms with E-state index in [1.54, 1.807) is 31.2 Å². The van der Waals surface area contributed by atoms with Gasteiger partial charge in [-0.2, -0.15) is 0 Å². The maximum atomic E-state index is 13.2. The number of hydrogen-bond donors (Lipinski definition) is 2. The molecule has 1 aromatic carbocycles. The van der Waals surface area contributed by atoms with Crippen LogP contribution in [0.1, 0.15) is 12.5 Å². The van der Waals surface area contributed by atoms with Crippen molar-refractivity contribution in [3.63, 3.8) is 0 Å². The molecule has 8 heteroatoms. The number of amides is 1. The molecule has 140 valence electrons. The third-order valence-electron chi connectivity index (χ3n) is 4.45. The number of allylic oxidation sites excluding steroid dienone is 1. The van der Waals surface area contributed by atoms with Crippen LogP contribution in [-0.4, -0.2) is 31.6 Å². The van der Waals surface area contributed by atoms with Crippen molar-refractivity contribution in [2.24, 2.45) is 5.73 Å². The summed E-state index contributed by atoms with van der Waals surface area (Å²) in [6.45, 7) is 4.98. The van der Waals surface area contributed by atoms with Gasteiger partial charge >= 0.3 is 11.9 Å². The fraction of sp³-hybridized carbons (Fsp3) is 0.211. The van der Waals surface area contributed by atoms with Gasteiger partial charge in [-0.1, -0.05) is 30.9 Å². The van der Waals surface area contributed by atoms with E-state index in [0.29, 0.717) is 5.56 Å². The van der Waals surface area contributed by atoms with Gasteiger partial charge in [0.05, 0.1) is 12.7 Å². The molecule has 27 heavy (non-hydrogen) atoms. The molecule has 2 aliphatic rings. The molecule has 1 amide bonds. The fourth-order valence-electron chi connectivity index (χ4n) is 3.44. The van der Waals surface area contributed by atoms with E-state index in [1.165, 1.54) is 6.08 Å². The molecule has 8 nitrogen and oxygen atoms in total. The first-order valence-corrected chi connectivity index (χ1v) is 8.06. The van der Waals surface area contributed by atoms with E-state index in [4.69, 9.17) is 19.9 Å². The molecule has 0 saturated carbocycles. The molecule has 0 aliphatic carbocycles. The predicted octanol–water partition coefficient (Wildman–Crippen LogP) is 0.793. The number of nitrogens with one attached hydrogen (secondary N) is 1. The van der Waals surface area contributed by atoms with Crippen molar-refractivity contribution >= 4 is 17.8 Å². The van der Waals surface area contributed by atoms with Crippen molar-refractivity contribution in [1.29, 1.82) is 0 Å². The highest BCUT2D eigenvalue weighted by atomic mass is 16.5. The number of nitrogens with two attached hydrogens (primary N) is 1. The second-order valence-electron chi connectivity index (χ2n) is 5.92. The standard InChI is InChI=1S/C19H18N2O6/c1-4-9-26-17(23)13-10(2)21-18(24)19(13)11-7-5-6-8-12(11)27-15(20)14(19)16(22)25-3/h4-8H,1,9,20H2,2-3H3,(H,21,24)/t19-/m0/s1. The summed E-state index contributed by atoms with van der Waals surface area (Å²) >= 11 is 0. The van der Waals surface area contributed by atoms with E-state index < -0.39 is 23.3 Å². The molecule has 3 rings (SSSR count). The van der Waals surface area contributed by atoms with Crippen LogP contribution in [-0.2, 0) is 29.3 Å². The molecule has 2 aliphatic heterocycles. The van der Waals surface area contributed by atoms with Crippen molar-refractivity contribution in [2.45, 2.75) is 12.3 Å². The minimum atomic E-state index is -1.84. The maximum absolute atomic E-state index is 13.2. The zero-order valence-electron chi connectivity index (χ0n) is 14.8. The minimum absolute atomic E-state index is 0.0477. The summed E-state index contributed by atoms with van der Waals surface area (Å²) < 4.78 is 15.5. The first kappa shape index (κ1) is 18.2. The molecule has 0 aromatic heterocycles. The summed E-state index contributed by atoms with van der Waals surface area (Å²) in [5.74, 6) is -2.36. The molecular formula is C19H18N2O6. The molecule has 1 aromatic rings. The summed E-state index contributed by atoms with van der Waals surface area (Å²) in [7, 11) is 1.15. The second kappa shape index (κ2) is 6.64. The Morgan fingerprint density at radius 3 is 2.67 bits per heavy atom. The van der Waals surface area contributed by atoms with Crippen molar-refractivity contribution in [3.8, 4) is 5.75 Å². The molecule has 0 unspecified atom stereocenters. The molecule has 0 bridgehead atoms. The van der Waals surface area contributed by atoms with Gasteiger partial charge in [0.25, 0.3) is 0 Å². The third kappa shape index (κ3) is 2.49. The molecule has 3 N–H and O–H groups in total. The Bertz CT molecular complexity index is 930. The van der Waals surface area contributed by atoms with E-state index in [0.717, 1.165) is 7.11 Å². The zero-order chi connectivity index (χ0) is 19.8.